The summed E-state index contributed by atoms with van der Waals surface area (Å²) in [5, 5.41) is 9.29. The Kier molecular flexibility index (Phi) is 3.37. The van der Waals surface area contributed by atoms with E-state index in [-0.39, 0.29) is 11.5 Å². The maximum Gasteiger partial charge on any atom is 0.0542 e. The first-order valence-electron chi connectivity index (χ1n) is 4.10. The molecule has 0 rings (SSSR count). The second kappa shape index (κ2) is 3.38. The molecule has 2 unspecified atom stereocenters. The van der Waals surface area contributed by atoms with Crippen LogP contribution in [0.4, 0.5) is 0 Å². The molecular weight excluding hydrogens is 124 g/mol. The molecule has 0 heterocycles. The van der Waals surface area contributed by atoms with Gasteiger partial charge in [0.15, 0.2) is 0 Å². The third-order valence-corrected chi connectivity index (χ3v) is 2.87. The number of hydrogen-bond acceptors (Lipinski definition) is 1. The molecule has 0 spiro atoms. The van der Waals surface area contributed by atoms with Gasteiger partial charge in [0.2, 0.25) is 0 Å². The van der Waals surface area contributed by atoms with Crippen molar-refractivity contribution in [1.82, 2.24) is 0 Å². The second-order valence-corrected chi connectivity index (χ2v) is 3.87. The van der Waals surface area contributed by atoms with E-state index in [9.17, 15) is 5.11 Å². The Balaban J connectivity index is 4.03. The lowest BCUT2D eigenvalue weighted by atomic mass is 9.75. The van der Waals surface area contributed by atoms with Crippen molar-refractivity contribution in [3.63, 3.8) is 0 Å². The third kappa shape index (κ3) is 2.30. The molecule has 1 N–H and O–H groups in total. The van der Waals surface area contributed by atoms with E-state index >= 15 is 0 Å². The van der Waals surface area contributed by atoms with Crippen LogP contribution in [0.5, 0.6) is 0 Å². The van der Waals surface area contributed by atoms with E-state index in [0.717, 1.165) is 6.42 Å². The van der Waals surface area contributed by atoms with E-state index < -0.39 is 0 Å². The average molecular weight is 144 g/mol. The molecule has 0 amide bonds. The van der Waals surface area contributed by atoms with Crippen molar-refractivity contribution in [1.29, 1.82) is 0 Å². The number of aliphatic hydroxyl groups excluding tert-OH is 1. The quantitative estimate of drug-likeness (QED) is 0.645. The van der Waals surface area contributed by atoms with Gasteiger partial charge in [-0.15, -0.1) is 0 Å². The predicted octanol–water partition coefficient (Wildman–Crippen LogP) is 2.44. The first-order valence-corrected chi connectivity index (χ1v) is 4.10. The highest BCUT2D eigenvalue weighted by Crippen LogP contribution is 2.31. The molecule has 2 atom stereocenters. The fraction of sp³-hybridized carbons (Fsp3) is 1.00. The summed E-state index contributed by atoms with van der Waals surface area (Å²) >= 11 is 0. The van der Waals surface area contributed by atoms with Gasteiger partial charge in [-0.05, 0) is 18.3 Å². The minimum Gasteiger partial charge on any atom is -0.393 e. The highest BCUT2D eigenvalue weighted by atomic mass is 16.3. The van der Waals surface area contributed by atoms with E-state index in [1.165, 1.54) is 0 Å². The summed E-state index contributed by atoms with van der Waals surface area (Å²) in [4.78, 5) is 0. The van der Waals surface area contributed by atoms with Crippen LogP contribution in [-0.4, -0.2) is 11.2 Å². The van der Waals surface area contributed by atoms with Crippen molar-refractivity contribution in [3.05, 3.63) is 0 Å². The van der Waals surface area contributed by atoms with E-state index in [4.69, 9.17) is 0 Å². The Hall–Kier alpha value is -0.0400. The summed E-state index contributed by atoms with van der Waals surface area (Å²) in [5.41, 5.74) is 0.272. The zero-order valence-electron chi connectivity index (χ0n) is 7.81. The van der Waals surface area contributed by atoms with Crippen molar-refractivity contribution < 1.29 is 5.11 Å². The molecule has 0 aromatic rings. The smallest absolute Gasteiger partial charge is 0.0542 e. The van der Waals surface area contributed by atoms with Gasteiger partial charge >= 0.3 is 0 Å². The Morgan fingerprint density at radius 2 is 1.70 bits per heavy atom. The number of aliphatic hydroxyl groups is 1. The lowest BCUT2D eigenvalue weighted by molar-refractivity contribution is 0.0565. The molecule has 0 aliphatic heterocycles. The van der Waals surface area contributed by atoms with Crippen molar-refractivity contribution in [3.8, 4) is 0 Å². The van der Waals surface area contributed by atoms with Crippen molar-refractivity contribution in [2.75, 3.05) is 0 Å². The van der Waals surface area contributed by atoms with Gasteiger partial charge in [-0.25, -0.2) is 0 Å². The van der Waals surface area contributed by atoms with Crippen LogP contribution in [-0.2, 0) is 0 Å². The summed E-state index contributed by atoms with van der Waals surface area (Å²) in [5.74, 6) is 0.387. The van der Waals surface area contributed by atoms with E-state index in [0.29, 0.717) is 5.92 Å². The molecule has 62 valence electrons. The molecule has 10 heavy (non-hydrogen) atoms. The van der Waals surface area contributed by atoms with Crippen LogP contribution in [0.3, 0.4) is 0 Å². The molecule has 0 bridgehead atoms. The molecular formula is C9H20O. The maximum atomic E-state index is 9.29. The zero-order valence-corrected chi connectivity index (χ0v) is 7.81. The Labute approximate surface area is 64.5 Å². The molecule has 0 saturated carbocycles. The zero-order chi connectivity index (χ0) is 8.36. The van der Waals surface area contributed by atoms with Crippen LogP contribution in [0.2, 0.25) is 0 Å². The summed E-state index contributed by atoms with van der Waals surface area (Å²) in [6, 6.07) is 0. The van der Waals surface area contributed by atoms with Crippen molar-refractivity contribution >= 4 is 0 Å². The van der Waals surface area contributed by atoms with Crippen LogP contribution >= 0.6 is 0 Å². The second-order valence-electron chi connectivity index (χ2n) is 3.87. The van der Waals surface area contributed by atoms with E-state index in [1.54, 1.807) is 0 Å². The third-order valence-electron chi connectivity index (χ3n) is 2.87. The van der Waals surface area contributed by atoms with Crippen LogP contribution < -0.4 is 0 Å². The van der Waals surface area contributed by atoms with Crippen molar-refractivity contribution in [2.45, 2.75) is 47.1 Å². The lowest BCUT2D eigenvalue weighted by Crippen LogP contribution is -2.29. The number of hydrogen-bond donors (Lipinski definition) is 1. The SMILES string of the molecule is CCC(C)(C)C(C)C(C)O. The molecule has 1 nitrogen and oxygen atoms in total. The van der Waals surface area contributed by atoms with Gasteiger partial charge in [-0.2, -0.15) is 0 Å². The minimum absolute atomic E-state index is 0.185. The van der Waals surface area contributed by atoms with E-state index in [2.05, 4.69) is 27.7 Å². The first-order chi connectivity index (χ1) is 4.41. The van der Waals surface area contributed by atoms with Crippen LogP contribution in [0.25, 0.3) is 0 Å². The topological polar surface area (TPSA) is 20.2 Å². The van der Waals surface area contributed by atoms with Crippen LogP contribution in [0.1, 0.15) is 41.0 Å². The van der Waals surface area contributed by atoms with Gasteiger partial charge in [-0.1, -0.05) is 34.1 Å². The molecule has 0 aromatic carbocycles. The largest absolute Gasteiger partial charge is 0.393 e. The van der Waals surface area contributed by atoms with Gasteiger partial charge in [0.05, 0.1) is 6.10 Å². The van der Waals surface area contributed by atoms with Gasteiger partial charge in [-0.3, -0.25) is 0 Å². The van der Waals surface area contributed by atoms with Gasteiger partial charge in [0, 0.05) is 0 Å². The summed E-state index contributed by atoms with van der Waals surface area (Å²) in [7, 11) is 0. The molecule has 0 aliphatic rings. The molecule has 1 heteroatoms. The monoisotopic (exact) mass is 144 g/mol. The predicted molar refractivity (Wildman–Crippen MR) is 44.9 cm³/mol. The normalized spacial score (nSPS) is 18.6. The first kappa shape index (κ1) is 9.96. The summed E-state index contributed by atoms with van der Waals surface area (Å²) < 4.78 is 0. The standard InChI is InChI=1S/C9H20O/c1-6-9(4,5)7(2)8(3)10/h7-8,10H,6H2,1-5H3. The maximum absolute atomic E-state index is 9.29. The van der Waals surface area contributed by atoms with Crippen LogP contribution in [0.15, 0.2) is 0 Å². The van der Waals surface area contributed by atoms with Gasteiger partial charge < -0.3 is 5.11 Å². The Morgan fingerprint density at radius 3 is 1.80 bits per heavy atom. The number of rotatable bonds is 3. The van der Waals surface area contributed by atoms with Crippen LogP contribution in [0, 0.1) is 11.3 Å². The molecule has 0 aromatic heterocycles. The molecule has 0 saturated heterocycles. The minimum atomic E-state index is -0.185. The fourth-order valence-corrected chi connectivity index (χ4v) is 0.975. The Morgan fingerprint density at radius 1 is 1.30 bits per heavy atom. The molecule has 0 aliphatic carbocycles. The summed E-state index contributed by atoms with van der Waals surface area (Å²) in [6.45, 7) is 10.5. The van der Waals surface area contributed by atoms with Gasteiger partial charge in [0.25, 0.3) is 0 Å². The highest BCUT2D eigenvalue weighted by Gasteiger charge is 2.26. The molecule has 0 fully saturated rings. The lowest BCUT2D eigenvalue weighted by Gasteiger charge is -2.32. The Bertz CT molecular complexity index is 94.9. The average Bonchev–Trinajstić information content (AvgIpc) is 1.86. The van der Waals surface area contributed by atoms with Crippen molar-refractivity contribution in [2.24, 2.45) is 11.3 Å². The molecule has 0 radical (unpaired) electrons. The van der Waals surface area contributed by atoms with E-state index in [1.807, 2.05) is 6.92 Å². The fourth-order valence-electron chi connectivity index (χ4n) is 0.975. The van der Waals surface area contributed by atoms with Gasteiger partial charge in [0.1, 0.15) is 0 Å². The summed E-state index contributed by atoms with van der Waals surface area (Å²) in [6.07, 6.45) is 0.939. The highest BCUT2D eigenvalue weighted by molar-refractivity contribution is 4.76.